The minimum absolute atomic E-state index is 0.102. The molecular weight excluding hydrogens is 474 g/mol. The first-order valence-electron chi connectivity index (χ1n) is 11.8. The summed E-state index contributed by atoms with van der Waals surface area (Å²) in [6, 6.07) is 11.6. The molecule has 0 unspecified atom stereocenters. The summed E-state index contributed by atoms with van der Waals surface area (Å²) < 4.78 is 16.2. The zero-order valence-corrected chi connectivity index (χ0v) is 22.7. The van der Waals surface area contributed by atoms with E-state index in [2.05, 4.69) is 50.9 Å². The molecule has 0 bridgehead atoms. The highest BCUT2D eigenvalue weighted by atomic mass is 32.2. The number of methoxy groups -OCH3 is 3. The molecule has 0 aromatic heterocycles. The topological polar surface area (TPSA) is 63.6 Å². The first-order chi connectivity index (χ1) is 17.2. The maximum atomic E-state index is 13.4. The number of thioether (sulfide) groups is 1. The van der Waals surface area contributed by atoms with Gasteiger partial charge in [0.05, 0.1) is 43.5 Å². The molecule has 1 saturated heterocycles. The van der Waals surface area contributed by atoms with E-state index < -0.39 is 0 Å². The number of amides is 1. The standard InChI is InChI=1S/C28H33N3O4S/c1-18-17-28(2,3)30(4)23-16-24(35-7)19(14-22(18)23)15-25-26(32)31(12-13-33-5)27(36-25)29-20-8-10-21(34-6)11-9-20/h8-11,14-17H,12-13H2,1-7H3/b25-15+,29-27?. The fraction of sp³-hybridized carbons (Fsp3) is 0.357. The summed E-state index contributed by atoms with van der Waals surface area (Å²) in [6.07, 6.45) is 4.16. The van der Waals surface area contributed by atoms with E-state index in [0.717, 1.165) is 34.0 Å². The molecule has 2 aromatic carbocycles. The number of hydrogen-bond acceptors (Lipinski definition) is 7. The van der Waals surface area contributed by atoms with Crippen molar-refractivity contribution in [2.24, 2.45) is 4.99 Å². The maximum absolute atomic E-state index is 13.4. The van der Waals surface area contributed by atoms with Gasteiger partial charge in [-0.15, -0.1) is 0 Å². The summed E-state index contributed by atoms with van der Waals surface area (Å²) in [6.45, 7) is 7.33. The quantitative estimate of drug-likeness (QED) is 0.456. The Morgan fingerprint density at radius 3 is 2.44 bits per heavy atom. The Kier molecular flexibility index (Phi) is 7.47. The Balaban J connectivity index is 1.74. The van der Waals surface area contributed by atoms with Crippen molar-refractivity contribution in [1.29, 1.82) is 0 Å². The lowest BCUT2D eigenvalue weighted by atomic mass is 9.88. The van der Waals surface area contributed by atoms with Crippen LogP contribution in [0, 0.1) is 0 Å². The van der Waals surface area contributed by atoms with Crippen LogP contribution >= 0.6 is 11.8 Å². The molecule has 0 spiro atoms. The average Bonchev–Trinajstić information content (AvgIpc) is 3.14. The highest BCUT2D eigenvalue weighted by Gasteiger charge is 2.34. The highest BCUT2D eigenvalue weighted by Crippen LogP contribution is 2.43. The average molecular weight is 508 g/mol. The van der Waals surface area contributed by atoms with Crippen molar-refractivity contribution in [3.63, 3.8) is 0 Å². The number of nitrogens with zero attached hydrogens (tertiary/aromatic N) is 3. The number of carbonyl (C=O) groups excluding carboxylic acids is 1. The van der Waals surface area contributed by atoms with Crippen LogP contribution in [-0.2, 0) is 9.53 Å². The van der Waals surface area contributed by atoms with Gasteiger partial charge in [0.1, 0.15) is 11.5 Å². The third-order valence-electron chi connectivity index (χ3n) is 6.56. The van der Waals surface area contributed by atoms with E-state index in [-0.39, 0.29) is 11.4 Å². The van der Waals surface area contributed by atoms with Crippen molar-refractivity contribution in [2.75, 3.05) is 46.4 Å². The maximum Gasteiger partial charge on any atom is 0.266 e. The molecule has 0 atom stereocenters. The summed E-state index contributed by atoms with van der Waals surface area (Å²) in [5.41, 5.74) is 4.92. The zero-order chi connectivity index (χ0) is 26.0. The predicted octanol–water partition coefficient (Wildman–Crippen LogP) is 5.59. The molecule has 7 nitrogen and oxygen atoms in total. The van der Waals surface area contributed by atoms with Crippen molar-refractivity contribution in [3.8, 4) is 11.5 Å². The molecule has 0 radical (unpaired) electrons. The number of carbonyl (C=O) groups is 1. The van der Waals surface area contributed by atoms with Gasteiger partial charge in [-0.1, -0.05) is 6.08 Å². The fourth-order valence-electron chi connectivity index (χ4n) is 4.36. The number of anilines is 1. The predicted molar refractivity (Wildman–Crippen MR) is 148 cm³/mol. The van der Waals surface area contributed by atoms with Crippen LogP contribution in [0.3, 0.4) is 0 Å². The molecule has 2 aromatic rings. The van der Waals surface area contributed by atoms with Gasteiger partial charge in [0.15, 0.2) is 5.17 Å². The van der Waals surface area contributed by atoms with E-state index in [1.807, 2.05) is 30.3 Å². The van der Waals surface area contributed by atoms with Crippen LogP contribution in [0.4, 0.5) is 11.4 Å². The molecule has 36 heavy (non-hydrogen) atoms. The van der Waals surface area contributed by atoms with Crippen LogP contribution in [0.2, 0.25) is 0 Å². The van der Waals surface area contributed by atoms with E-state index in [9.17, 15) is 4.79 Å². The normalized spacial score (nSPS) is 19.1. The number of allylic oxidation sites excluding steroid dienone is 1. The first-order valence-corrected chi connectivity index (χ1v) is 12.6. The van der Waals surface area contributed by atoms with Crippen molar-refractivity contribution >= 4 is 45.9 Å². The number of fused-ring (bicyclic) bond motifs is 1. The Bertz CT molecular complexity index is 1250. The van der Waals surface area contributed by atoms with E-state index >= 15 is 0 Å². The summed E-state index contributed by atoms with van der Waals surface area (Å²) >= 11 is 1.35. The third-order valence-corrected chi connectivity index (χ3v) is 7.57. The van der Waals surface area contributed by atoms with Crippen LogP contribution in [-0.4, -0.2) is 63.0 Å². The molecule has 0 aliphatic carbocycles. The minimum atomic E-state index is -0.103. The van der Waals surface area contributed by atoms with Crippen molar-refractivity contribution in [3.05, 3.63) is 58.5 Å². The van der Waals surface area contributed by atoms with Gasteiger partial charge in [0, 0.05) is 37.0 Å². The largest absolute Gasteiger partial charge is 0.497 e. The molecule has 2 aliphatic heterocycles. The van der Waals surface area contributed by atoms with Gasteiger partial charge in [-0.05, 0) is 74.5 Å². The summed E-state index contributed by atoms with van der Waals surface area (Å²) in [5, 5.41) is 0.614. The van der Waals surface area contributed by atoms with E-state index in [1.165, 1.54) is 17.3 Å². The van der Waals surface area contributed by atoms with Crippen molar-refractivity contribution < 1.29 is 19.0 Å². The Hall–Kier alpha value is -3.23. The van der Waals surface area contributed by atoms with Gasteiger partial charge in [-0.25, -0.2) is 4.99 Å². The Morgan fingerprint density at radius 1 is 1.08 bits per heavy atom. The van der Waals surface area contributed by atoms with Crippen LogP contribution in [0.5, 0.6) is 11.5 Å². The Labute approximate surface area is 217 Å². The van der Waals surface area contributed by atoms with Crippen molar-refractivity contribution in [2.45, 2.75) is 26.3 Å². The highest BCUT2D eigenvalue weighted by molar-refractivity contribution is 8.18. The van der Waals surface area contributed by atoms with Crippen LogP contribution in [0.25, 0.3) is 11.6 Å². The summed E-state index contributed by atoms with van der Waals surface area (Å²) in [7, 11) is 6.99. The third kappa shape index (κ3) is 5.01. The van der Waals surface area contributed by atoms with Crippen LogP contribution in [0.15, 0.2) is 52.4 Å². The van der Waals surface area contributed by atoms with Crippen molar-refractivity contribution in [1.82, 2.24) is 4.90 Å². The lowest BCUT2D eigenvalue weighted by Gasteiger charge is -2.41. The smallest absolute Gasteiger partial charge is 0.266 e. The molecule has 190 valence electrons. The number of amidine groups is 1. The monoisotopic (exact) mass is 507 g/mol. The van der Waals surface area contributed by atoms with E-state index in [1.54, 1.807) is 26.2 Å². The first kappa shape index (κ1) is 25.9. The summed E-state index contributed by atoms with van der Waals surface area (Å²) in [5.74, 6) is 1.37. The number of ether oxygens (including phenoxy) is 3. The Morgan fingerprint density at radius 2 is 1.81 bits per heavy atom. The molecule has 8 heteroatoms. The van der Waals surface area contributed by atoms with Crippen LogP contribution < -0.4 is 14.4 Å². The molecule has 4 rings (SSSR count). The zero-order valence-electron chi connectivity index (χ0n) is 21.9. The second-order valence-corrected chi connectivity index (χ2v) is 10.3. The lowest BCUT2D eigenvalue weighted by molar-refractivity contribution is -0.122. The van der Waals surface area contributed by atoms with Gasteiger partial charge in [-0.3, -0.25) is 9.69 Å². The molecule has 0 N–H and O–H groups in total. The van der Waals surface area contributed by atoms with E-state index in [4.69, 9.17) is 19.2 Å². The molecule has 1 amide bonds. The van der Waals surface area contributed by atoms with Gasteiger partial charge >= 0.3 is 0 Å². The van der Waals surface area contributed by atoms with Crippen LogP contribution in [0.1, 0.15) is 31.9 Å². The van der Waals surface area contributed by atoms with Gasteiger partial charge in [0.25, 0.3) is 5.91 Å². The molecule has 2 aliphatic rings. The molecule has 1 fully saturated rings. The van der Waals surface area contributed by atoms with Gasteiger partial charge in [-0.2, -0.15) is 0 Å². The number of benzene rings is 2. The molecular formula is C28H33N3O4S. The number of aliphatic imine (C=N–C) groups is 1. The number of likely N-dealkylation sites (N-methyl/N-ethyl adjacent to an activating group) is 1. The number of rotatable bonds is 7. The fourth-order valence-corrected chi connectivity index (χ4v) is 5.38. The SMILES string of the molecule is COCCN1C(=O)/C(=C\c2cc3c(cc2OC)N(C)C(C)(C)C=C3C)SC1=Nc1ccc(OC)cc1. The van der Waals surface area contributed by atoms with Gasteiger partial charge < -0.3 is 19.1 Å². The minimum Gasteiger partial charge on any atom is -0.497 e. The van der Waals surface area contributed by atoms with E-state index in [0.29, 0.717) is 23.2 Å². The number of hydrogen-bond donors (Lipinski definition) is 0. The lowest BCUT2D eigenvalue weighted by Crippen LogP contribution is -2.42. The van der Waals surface area contributed by atoms with Gasteiger partial charge in [0.2, 0.25) is 0 Å². The molecule has 0 saturated carbocycles. The second kappa shape index (κ2) is 10.4. The summed E-state index contributed by atoms with van der Waals surface area (Å²) in [4.78, 5) is 22.7. The second-order valence-electron chi connectivity index (χ2n) is 9.30. The molecule has 2 heterocycles.